The number of rotatable bonds is 2. The second kappa shape index (κ2) is 5.63. The Balaban J connectivity index is 2.42. The Morgan fingerprint density at radius 1 is 1.22 bits per heavy atom. The number of piperidine rings is 1. The van der Waals surface area contributed by atoms with Crippen molar-refractivity contribution < 1.29 is 18.4 Å². The fraction of sp³-hybridized carbons (Fsp3) is 0.833. The standard InChI is InChI=1S/C12H20F2N2O2/c1-12(2,3)11(18)16-6-4-8(5-7-16)15-10(17)9(13)14/h8-9H,4-7H2,1-3H3,(H,15,17). The van der Waals surface area contributed by atoms with Crippen molar-refractivity contribution in [1.82, 2.24) is 10.2 Å². The molecule has 1 rings (SSSR count). The zero-order chi connectivity index (χ0) is 13.9. The number of nitrogens with zero attached hydrogens (tertiary/aromatic N) is 1. The van der Waals surface area contributed by atoms with Gasteiger partial charge in [0.1, 0.15) is 0 Å². The molecule has 0 atom stereocenters. The van der Waals surface area contributed by atoms with E-state index in [1.807, 2.05) is 20.8 Å². The Bertz CT molecular complexity index is 319. The molecule has 0 aromatic carbocycles. The van der Waals surface area contributed by atoms with Crippen molar-refractivity contribution in [2.24, 2.45) is 5.41 Å². The van der Waals surface area contributed by atoms with Crippen molar-refractivity contribution in [3.63, 3.8) is 0 Å². The van der Waals surface area contributed by atoms with Crippen molar-refractivity contribution in [3.05, 3.63) is 0 Å². The second-order valence-electron chi connectivity index (χ2n) is 5.63. The summed E-state index contributed by atoms with van der Waals surface area (Å²) in [4.78, 5) is 24.5. The molecular weight excluding hydrogens is 242 g/mol. The number of carbonyl (C=O) groups is 2. The van der Waals surface area contributed by atoms with Crippen LogP contribution in [0.5, 0.6) is 0 Å². The molecule has 18 heavy (non-hydrogen) atoms. The lowest BCUT2D eigenvalue weighted by Crippen LogP contribution is -2.50. The third-order valence-corrected chi connectivity index (χ3v) is 2.97. The monoisotopic (exact) mass is 262 g/mol. The summed E-state index contributed by atoms with van der Waals surface area (Å²) in [6, 6.07) is -0.254. The molecule has 0 aromatic heterocycles. The molecule has 1 N–H and O–H groups in total. The van der Waals surface area contributed by atoms with E-state index in [9.17, 15) is 18.4 Å². The van der Waals surface area contributed by atoms with Crippen LogP contribution < -0.4 is 5.32 Å². The minimum atomic E-state index is -2.97. The number of alkyl halides is 2. The number of nitrogens with one attached hydrogen (secondary N) is 1. The average Bonchev–Trinajstić information content (AvgIpc) is 2.27. The van der Waals surface area contributed by atoms with Gasteiger partial charge in [-0.3, -0.25) is 9.59 Å². The summed E-state index contributed by atoms with van der Waals surface area (Å²) in [5.74, 6) is -1.17. The average molecular weight is 262 g/mol. The van der Waals surface area contributed by atoms with Crippen LogP contribution in [0.1, 0.15) is 33.6 Å². The van der Waals surface area contributed by atoms with Crippen molar-refractivity contribution in [2.45, 2.75) is 46.1 Å². The summed E-state index contributed by atoms with van der Waals surface area (Å²) in [6.45, 7) is 6.55. The van der Waals surface area contributed by atoms with Gasteiger partial charge in [0.05, 0.1) is 0 Å². The molecule has 2 amide bonds. The summed E-state index contributed by atoms with van der Waals surface area (Å²) >= 11 is 0. The van der Waals surface area contributed by atoms with Crippen LogP contribution in [0.2, 0.25) is 0 Å². The fourth-order valence-corrected chi connectivity index (χ4v) is 1.97. The lowest BCUT2D eigenvalue weighted by Gasteiger charge is -2.35. The quantitative estimate of drug-likeness (QED) is 0.818. The highest BCUT2D eigenvalue weighted by atomic mass is 19.3. The second-order valence-corrected chi connectivity index (χ2v) is 5.63. The highest BCUT2D eigenvalue weighted by molar-refractivity contribution is 5.82. The number of carbonyl (C=O) groups excluding carboxylic acids is 2. The van der Waals surface area contributed by atoms with E-state index in [4.69, 9.17) is 0 Å². The summed E-state index contributed by atoms with van der Waals surface area (Å²) < 4.78 is 24.1. The maximum atomic E-state index is 12.1. The molecule has 1 aliphatic rings. The summed E-state index contributed by atoms with van der Waals surface area (Å²) in [7, 11) is 0. The Labute approximate surface area is 106 Å². The maximum Gasteiger partial charge on any atom is 0.315 e. The minimum absolute atomic E-state index is 0.0566. The lowest BCUT2D eigenvalue weighted by molar-refractivity contribution is -0.140. The van der Waals surface area contributed by atoms with Crippen LogP contribution in [-0.4, -0.2) is 42.3 Å². The van der Waals surface area contributed by atoms with E-state index in [-0.39, 0.29) is 11.9 Å². The first kappa shape index (κ1) is 14.9. The van der Waals surface area contributed by atoms with Crippen molar-refractivity contribution in [2.75, 3.05) is 13.1 Å². The first-order chi connectivity index (χ1) is 8.21. The van der Waals surface area contributed by atoms with E-state index in [2.05, 4.69) is 5.32 Å². The fourth-order valence-electron chi connectivity index (χ4n) is 1.97. The molecular formula is C12H20F2N2O2. The Morgan fingerprint density at radius 3 is 2.11 bits per heavy atom. The number of hydrogen-bond acceptors (Lipinski definition) is 2. The van der Waals surface area contributed by atoms with E-state index in [1.165, 1.54) is 0 Å². The smallest absolute Gasteiger partial charge is 0.315 e. The number of likely N-dealkylation sites (tertiary alicyclic amines) is 1. The number of amides is 2. The molecule has 0 radical (unpaired) electrons. The number of halogens is 2. The molecule has 0 bridgehead atoms. The predicted molar refractivity (Wildman–Crippen MR) is 63.2 cm³/mol. The summed E-state index contributed by atoms with van der Waals surface area (Å²) in [6.07, 6.45) is -1.92. The normalized spacial score (nSPS) is 18.0. The Kier molecular flexibility index (Phi) is 4.65. The van der Waals surface area contributed by atoms with E-state index in [0.29, 0.717) is 25.9 Å². The van der Waals surface area contributed by atoms with Gasteiger partial charge in [-0.25, -0.2) is 0 Å². The third kappa shape index (κ3) is 3.92. The molecule has 0 saturated carbocycles. The van der Waals surface area contributed by atoms with E-state index in [1.54, 1.807) is 4.90 Å². The largest absolute Gasteiger partial charge is 0.348 e. The zero-order valence-corrected chi connectivity index (χ0v) is 11.0. The molecule has 6 heteroatoms. The number of hydrogen-bond donors (Lipinski definition) is 1. The van der Waals surface area contributed by atoms with Gasteiger partial charge in [0.15, 0.2) is 0 Å². The van der Waals surface area contributed by atoms with Crippen molar-refractivity contribution in [3.8, 4) is 0 Å². The SMILES string of the molecule is CC(C)(C)C(=O)N1CCC(NC(=O)C(F)F)CC1. The van der Waals surface area contributed by atoms with Gasteiger partial charge in [0.25, 0.3) is 5.91 Å². The first-order valence-corrected chi connectivity index (χ1v) is 6.09. The molecule has 1 heterocycles. The van der Waals surface area contributed by atoms with Crippen molar-refractivity contribution >= 4 is 11.8 Å². The van der Waals surface area contributed by atoms with E-state index < -0.39 is 17.7 Å². The van der Waals surface area contributed by atoms with Gasteiger partial charge in [-0.05, 0) is 12.8 Å². The molecule has 0 aliphatic carbocycles. The molecule has 104 valence electrons. The van der Waals surface area contributed by atoms with Gasteiger partial charge in [0, 0.05) is 24.5 Å². The minimum Gasteiger partial charge on any atom is -0.348 e. The first-order valence-electron chi connectivity index (χ1n) is 6.09. The van der Waals surface area contributed by atoms with Crippen molar-refractivity contribution in [1.29, 1.82) is 0 Å². The van der Waals surface area contributed by atoms with Crippen LogP contribution in [0.25, 0.3) is 0 Å². The Morgan fingerprint density at radius 2 is 1.72 bits per heavy atom. The van der Waals surface area contributed by atoms with Gasteiger partial charge in [-0.1, -0.05) is 20.8 Å². The Hall–Kier alpha value is -1.20. The molecule has 1 fully saturated rings. The van der Waals surface area contributed by atoms with Gasteiger partial charge in [-0.15, -0.1) is 0 Å². The van der Waals surface area contributed by atoms with Gasteiger partial charge >= 0.3 is 6.43 Å². The highest BCUT2D eigenvalue weighted by Gasteiger charge is 2.31. The predicted octanol–water partition coefficient (Wildman–Crippen LogP) is 1.40. The lowest BCUT2D eigenvalue weighted by atomic mass is 9.93. The van der Waals surface area contributed by atoms with Crippen LogP contribution in [0.3, 0.4) is 0 Å². The van der Waals surface area contributed by atoms with Gasteiger partial charge in [0.2, 0.25) is 5.91 Å². The maximum absolute atomic E-state index is 12.1. The third-order valence-electron chi connectivity index (χ3n) is 2.97. The van der Waals surface area contributed by atoms with E-state index >= 15 is 0 Å². The molecule has 0 spiro atoms. The van der Waals surface area contributed by atoms with Gasteiger partial charge < -0.3 is 10.2 Å². The van der Waals surface area contributed by atoms with Crippen LogP contribution in [0.4, 0.5) is 8.78 Å². The zero-order valence-electron chi connectivity index (χ0n) is 11.0. The summed E-state index contributed by atoms with van der Waals surface area (Å²) in [5.41, 5.74) is -0.431. The summed E-state index contributed by atoms with van der Waals surface area (Å²) in [5, 5.41) is 2.29. The van der Waals surface area contributed by atoms with Crippen LogP contribution in [-0.2, 0) is 9.59 Å². The van der Waals surface area contributed by atoms with Crippen LogP contribution in [0.15, 0.2) is 0 Å². The highest BCUT2D eigenvalue weighted by Crippen LogP contribution is 2.21. The molecule has 1 saturated heterocycles. The molecule has 0 aromatic rings. The van der Waals surface area contributed by atoms with Crippen LogP contribution in [0, 0.1) is 5.41 Å². The topological polar surface area (TPSA) is 49.4 Å². The molecule has 1 aliphatic heterocycles. The molecule has 0 unspecified atom stereocenters. The molecule has 4 nitrogen and oxygen atoms in total. The van der Waals surface area contributed by atoms with Crippen LogP contribution >= 0.6 is 0 Å². The van der Waals surface area contributed by atoms with Gasteiger partial charge in [-0.2, -0.15) is 8.78 Å². The van der Waals surface area contributed by atoms with E-state index in [0.717, 1.165) is 0 Å².